The lowest BCUT2D eigenvalue weighted by Gasteiger charge is -2.32. The molecule has 0 saturated carbocycles. The number of nitrogens with zero attached hydrogens (tertiary/aromatic N) is 2. The molecule has 3 amide bonds. The molecule has 0 bridgehead atoms. The predicted octanol–water partition coefficient (Wildman–Crippen LogP) is 3.22. The molecule has 0 spiro atoms. The van der Waals surface area contributed by atoms with E-state index >= 15 is 0 Å². The smallest absolute Gasteiger partial charge is 0.408 e. The number of alkyl carbamates (subject to hydrolysis) is 1. The Morgan fingerprint density at radius 3 is 2.17 bits per heavy atom. The molecule has 0 saturated heterocycles. The van der Waals surface area contributed by atoms with E-state index in [-0.39, 0.29) is 0 Å². The molecular formula is C26H32N4O5. The average Bonchev–Trinajstić information content (AvgIpc) is 2.78. The van der Waals surface area contributed by atoms with E-state index in [0.717, 1.165) is 16.0 Å². The molecule has 186 valence electrons. The van der Waals surface area contributed by atoms with E-state index in [1.807, 2.05) is 38.1 Å². The van der Waals surface area contributed by atoms with E-state index in [1.165, 1.54) is 0 Å². The number of para-hydroxylation sites is 1. The van der Waals surface area contributed by atoms with Crippen LogP contribution in [0.25, 0.3) is 0 Å². The number of hydrogen-bond donors (Lipinski definition) is 3. The third-order valence-electron chi connectivity index (χ3n) is 5.10. The molecule has 2 aromatic rings. The molecule has 2 rings (SSSR count). The minimum Gasteiger partial charge on any atom is -0.444 e. The first-order valence-electron chi connectivity index (χ1n) is 11.2. The van der Waals surface area contributed by atoms with Crippen molar-refractivity contribution < 1.29 is 24.2 Å². The number of ether oxygens (including phenoxy) is 1. The van der Waals surface area contributed by atoms with Gasteiger partial charge in [-0.05, 0) is 51.3 Å². The third kappa shape index (κ3) is 7.55. The SMILES string of the molecule is Cc1cccc(C)c1NC(=O)C(c1ccccc1)N(CC#N)C(=O)C(CO)NC(=O)OC(C)(C)C. The zero-order valence-corrected chi connectivity index (χ0v) is 20.7. The average molecular weight is 481 g/mol. The monoisotopic (exact) mass is 480 g/mol. The number of aryl methyl sites for hydroxylation is 2. The molecule has 9 heteroatoms. The highest BCUT2D eigenvalue weighted by Crippen LogP contribution is 2.26. The Balaban J connectivity index is 2.44. The Labute approximate surface area is 205 Å². The fourth-order valence-electron chi connectivity index (χ4n) is 3.52. The summed E-state index contributed by atoms with van der Waals surface area (Å²) in [4.78, 5) is 40.3. The molecule has 0 aliphatic rings. The molecule has 0 aromatic heterocycles. The van der Waals surface area contributed by atoms with Crippen molar-refractivity contribution in [2.24, 2.45) is 0 Å². The number of rotatable bonds is 8. The number of carbonyl (C=O) groups excluding carboxylic acids is 3. The maximum Gasteiger partial charge on any atom is 0.408 e. The molecule has 0 aliphatic carbocycles. The van der Waals surface area contributed by atoms with Gasteiger partial charge in [-0.1, -0.05) is 48.5 Å². The first-order chi connectivity index (χ1) is 16.5. The third-order valence-corrected chi connectivity index (χ3v) is 5.10. The van der Waals surface area contributed by atoms with Gasteiger partial charge in [-0.3, -0.25) is 9.59 Å². The van der Waals surface area contributed by atoms with Gasteiger partial charge in [-0.2, -0.15) is 5.26 Å². The molecule has 35 heavy (non-hydrogen) atoms. The largest absolute Gasteiger partial charge is 0.444 e. The van der Waals surface area contributed by atoms with E-state index in [9.17, 15) is 24.8 Å². The van der Waals surface area contributed by atoms with Gasteiger partial charge in [0.25, 0.3) is 5.91 Å². The normalized spacial score (nSPS) is 12.6. The number of aliphatic hydroxyl groups is 1. The summed E-state index contributed by atoms with van der Waals surface area (Å²) in [5.41, 5.74) is 1.92. The predicted molar refractivity (Wildman–Crippen MR) is 131 cm³/mol. The van der Waals surface area contributed by atoms with Crippen molar-refractivity contribution in [2.45, 2.75) is 52.3 Å². The van der Waals surface area contributed by atoms with E-state index in [0.29, 0.717) is 11.3 Å². The second-order valence-corrected chi connectivity index (χ2v) is 9.07. The van der Waals surface area contributed by atoms with Gasteiger partial charge < -0.3 is 25.4 Å². The van der Waals surface area contributed by atoms with Crippen molar-refractivity contribution in [1.82, 2.24) is 10.2 Å². The maximum absolute atomic E-state index is 13.6. The Bertz CT molecular complexity index is 1070. The van der Waals surface area contributed by atoms with Gasteiger partial charge in [0, 0.05) is 5.69 Å². The van der Waals surface area contributed by atoms with Crippen LogP contribution in [0.1, 0.15) is 43.5 Å². The van der Waals surface area contributed by atoms with Crippen molar-refractivity contribution in [2.75, 3.05) is 18.5 Å². The standard InChI is InChI=1S/C26H32N4O5/c1-17-10-9-11-18(2)21(17)29-23(32)22(19-12-7-6-8-13-19)30(15-14-27)24(33)20(16-31)28-25(34)35-26(3,4)5/h6-13,20,22,31H,15-16H2,1-5H3,(H,28,34)(H,29,32). The van der Waals surface area contributed by atoms with Crippen LogP contribution < -0.4 is 10.6 Å². The fraction of sp³-hybridized carbons (Fsp3) is 0.385. The lowest BCUT2D eigenvalue weighted by Crippen LogP contribution is -2.54. The van der Waals surface area contributed by atoms with Crippen LogP contribution >= 0.6 is 0 Å². The second kappa shape index (κ2) is 12.0. The van der Waals surface area contributed by atoms with Gasteiger partial charge in [0.2, 0.25) is 5.91 Å². The van der Waals surface area contributed by atoms with Gasteiger partial charge in [-0.25, -0.2) is 4.79 Å². The molecule has 9 nitrogen and oxygen atoms in total. The minimum absolute atomic E-state index is 0.453. The first-order valence-corrected chi connectivity index (χ1v) is 11.2. The Morgan fingerprint density at radius 1 is 1.06 bits per heavy atom. The van der Waals surface area contributed by atoms with Crippen LogP contribution in [0.3, 0.4) is 0 Å². The first kappa shape index (κ1) is 27.3. The lowest BCUT2D eigenvalue weighted by atomic mass is 10.0. The quantitative estimate of drug-likeness (QED) is 0.497. The van der Waals surface area contributed by atoms with Gasteiger partial charge in [0.05, 0.1) is 12.7 Å². The zero-order valence-electron chi connectivity index (χ0n) is 20.7. The van der Waals surface area contributed by atoms with Gasteiger partial charge in [0.15, 0.2) is 0 Å². The van der Waals surface area contributed by atoms with Crippen LogP contribution in [0.5, 0.6) is 0 Å². The zero-order chi connectivity index (χ0) is 26.2. The minimum atomic E-state index is -1.42. The Kier molecular flexibility index (Phi) is 9.37. The van der Waals surface area contributed by atoms with Crippen molar-refractivity contribution in [3.8, 4) is 6.07 Å². The van der Waals surface area contributed by atoms with Crippen LogP contribution in [0.15, 0.2) is 48.5 Å². The van der Waals surface area contributed by atoms with E-state index in [2.05, 4.69) is 10.6 Å². The van der Waals surface area contributed by atoms with Gasteiger partial charge in [0.1, 0.15) is 24.2 Å². The summed E-state index contributed by atoms with van der Waals surface area (Å²) in [6, 6.07) is 13.4. The van der Waals surface area contributed by atoms with Crippen LogP contribution in [-0.4, -0.2) is 52.7 Å². The second-order valence-electron chi connectivity index (χ2n) is 9.07. The van der Waals surface area contributed by atoms with Crippen LogP contribution in [0.2, 0.25) is 0 Å². The number of aliphatic hydroxyl groups excluding tert-OH is 1. The van der Waals surface area contributed by atoms with E-state index < -0.39 is 48.7 Å². The molecule has 0 aliphatic heterocycles. The molecule has 2 unspecified atom stereocenters. The molecule has 2 atom stereocenters. The Hall–Kier alpha value is -3.90. The highest BCUT2D eigenvalue weighted by Gasteiger charge is 2.36. The summed E-state index contributed by atoms with van der Waals surface area (Å²) in [5.74, 6) is -1.34. The summed E-state index contributed by atoms with van der Waals surface area (Å²) in [6.45, 7) is 7.48. The van der Waals surface area contributed by atoms with Crippen LogP contribution in [0, 0.1) is 25.2 Å². The number of nitrogens with one attached hydrogen (secondary N) is 2. The number of anilines is 1. The molecule has 0 fully saturated rings. The number of nitriles is 1. The van der Waals surface area contributed by atoms with Gasteiger partial charge in [-0.15, -0.1) is 0 Å². The summed E-state index contributed by atoms with van der Waals surface area (Å²) >= 11 is 0. The number of hydrogen-bond acceptors (Lipinski definition) is 6. The molecule has 3 N–H and O–H groups in total. The lowest BCUT2D eigenvalue weighted by molar-refractivity contribution is -0.140. The van der Waals surface area contributed by atoms with Gasteiger partial charge >= 0.3 is 6.09 Å². The maximum atomic E-state index is 13.6. The van der Waals surface area contributed by atoms with Crippen molar-refractivity contribution in [3.63, 3.8) is 0 Å². The van der Waals surface area contributed by atoms with Crippen LogP contribution in [-0.2, 0) is 14.3 Å². The highest BCUT2D eigenvalue weighted by molar-refractivity contribution is 6.00. The summed E-state index contributed by atoms with van der Waals surface area (Å²) in [5, 5.41) is 24.6. The Morgan fingerprint density at radius 2 is 1.66 bits per heavy atom. The number of amides is 3. The molecular weight excluding hydrogens is 448 g/mol. The molecule has 0 radical (unpaired) electrons. The topological polar surface area (TPSA) is 132 Å². The summed E-state index contributed by atoms with van der Waals surface area (Å²) in [7, 11) is 0. The fourth-order valence-corrected chi connectivity index (χ4v) is 3.52. The molecule has 2 aromatic carbocycles. The molecule has 0 heterocycles. The summed E-state index contributed by atoms with van der Waals surface area (Å²) < 4.78 is 5.18. The van der Waals surface area contributed by atoms with E-state index in [4.69, 9.17) is 4.74 Å². The number of benzene rings is 2. The van der Waals surface area contributed by atoms with E-state index in [1.54, 1.807) is 51.1 Å². The van der Waals surface area contributed by atoms with Crippen molar-refractivity contribution >= 4 is 23.6 Å². The van der Waals surface area contributed by atoms with Crippen LogP contribution in [0.4, 0.5) is 10.5 Å². The van der Waals surface area contributed by atoms with Crippen molar-refractivity contribution in [3.05, 3.63) is 65.2 Å². The number of carbonyl (C=O) groups is 3. The summed E-state index contributed by atoms with van der Waals surface area (Å²) in [6.07, 6.45) is -0.905. The highest BCUT2D eigenvalue weighted by atomic mass is 16.6. The van der Waals surface area contributed by atoms with Crippen molar-refractivity contribution in [1.29, 1.82) is 5.26 Å².